The number of amides is 3. The van der Waals surface area contributed by atoms with Crippen molar-refractivity contribution < 1.29 is 19.5 Å². The van der Waals surface area contributed by atoms with Crippen LogP contribution in [0.25, 0.3) is 0 Å². The van der Waals surface area contributed by atoms with E-state index in [1.807, 2.05) is 0 Å². The maximum Gasteiger partial charge on any atom is 0.315 e. The molecule has 0 aliphatic carbocycles. The van der Waals surface area contributed by atoms with Crippen LogP contribution in [-0.2, 0) is 16.1 Å². The van der Waals surface area contributed by atoms with Crippen molar-refractivity contribution in [1.82, 2.24) is 15.5 Å². The molecule has 0 spiro atoms. The molecule has 0 saturated heterocycles. The number of carbonyl (C=O) groups excluding carboxylic acids is 2. The molecular formula is C14H18ClN3O4. The molecule has 7 nitrogen and oxygen atoms in total. The predicted molar refractivity (Wildman–Crippen MR) is 81.6 cm³/mol. The Bertz CT molecular complexity index is 533. The molecule has 0 unspecified atom stereocenters. The van der Waals surface area contributed by atoms with Gasteiger partial charge in [-0.2, -0.15) is 0 Å². The first-order valence-corrected chi connectivity index (χ1v) is 6.98. The third-order valence-corrected chi connectivity index (χ3v) is 3.11. The second kappa shape index (κ2) is 8.89. The lowest BCUT2D eigenvalue weighted by Crippen LogP contribution is -2.42. The van der Waals surface area contributed by atoms with Crippen molar-refractivity contribution in [3.05, 3.63) is 34.9 Å². The number of urea groups is 1. The van der Waals surface area contributed by atoms with Gasteiger partial charge in [-0.05, 0) is 17.7 Å². The van der Waals surface area contributed by atoms with Gasteiger partial charge in [-0.3, -0.25) is 9.59 Å². The Kier molecular flexibility index (Phi) is 7.18. The first-order chi connectivity index (χ1) is 10.4. The van der Waals surface area contributed by atoms with Crippen LogP contribution in [-0.4, -0.2) is 48.1 Å². The smallest absolute Gasteiger partial charge is 0.315 e. The summed E-state index contributed by atoms with van der Waals surface area (Å²) in [4.78, 5) is 34.9. The molecule has 3 amide bonds. The molecule has 0 atom stereocenters. The van der Waals surface area contributed by atoms with Crippen molar-refractivity contribution in [2.24, 2.45) is 0 Å². The fourth-order valence-corrected chi connectivity index (χ4v) is 1.65. The summed E-state index contributed by atoms with van der Waals surface area (Å²) in [5.41, 5.74) is 0.879. The number of aliphatic carboxylic acids is 1. The van der Waals surface area contributed by atoms with E-state index in [-0.39, 0.29) is 25.4 Å². The third kappa shape index (κ3) is 6.94. The molecule has 0 aliphatic heterocycles. The van der Waals surface area contributed by atoms with E-state index < -0.39 is 12.0 Å². The van der Waals surface area contributed by atoms with E-state index in [9.17, 15) is 14.4 Å². The van der Waals surface area contributed by atoms with Crippen LogP contribution in [0, 0.1) is 0 Å². The lowest BCUT2D eigenvalue weighted by molar-refractivity contribution is -0.138. The predicted octanol–water partition coefficient (Wildman–Crippen LogP) is 1.07. The molecule has 0 aromatic heterocycles. The molecular weight excluding hydrogens is 310 g/mol. The highest BCUT2D eigenvalue weighted by Gasteiger charge is 2.11. The Hall–Kier alpha value is -2.28. The number of carbonyl (C=O) groups is 3. The average molecular weight is 328 g/mol. The van der Waals surface area contributed by atoms with Crippen molar-refractivity contribution in [1.29, 1.82) is 0 Å². The van der Waals surface area contributed by atoms with E-state index in [1.165, 1.54) is 11.9 Å². The standard InChI is InChI=1S/C14H18ClN3O4/c1-18(7-6-13(20)21)12(19)9-17-14(22)16-8-10-2-4-11(15)5-3-10/h2-5H,6-9H2,1H3,(H,20,21)(H2,16,17,22). The average Bonchev–Trinajstić information content (AvgIpc) is 2.49. The molecule has 0 bridgehead atoms. The number of nitrogens with one attached hydrogen (secondary N) is 2. The van der Waals surface area contributed by atoms with Gasteiger partial charge >= 0.3 is 12.0 Å². The molecule has 22 heavy (non-hydrogen) atoms. The quantitative estimate of drug-likeness (QED) is 0.697. The Morgan fingerprint density at radius 1 is 1.18 bits per heavy atom. The van der Waals surface area contributed by atoms with Crippen molar-refractivity contribution in [2.45, 2.75) is 13.0 Å². The summed E-state index contributed by atoms with van der Waals surface area (Å²) in [6, 6.07) is 6.53. The number of carboxylic acid groups (broad SMARTS) is 1. The molecule has 1 rings (SSSR count). The van der Waals surface area contributed by atoms with E-state index in [1.54, 1.807) is 24.3 Å². The van der Waals surface area contributed by atoms with Crippen molar-refractivity contribution in [2.75, 3.05) is 20.1 Å². The minimum Gasteiger partial charge on any atom is -0.481 e. The normalized spacial score (nSPS) is 9.91. The Morgan fingerprint density at radius 2 is 1.82 bits per heavy atom. The van der Waals surface area contributed by atoms with Gasteiger partial charge in [0, 0.05) is 25.2 Å². The van der Waals surface area contributed by atoms with Gasteiger partial charge in [0.1, 0.15) is 0 Å². The fraction of sp³-hybridized carbons (Fsp3) is 0.357. The SMILES string of the molecule is CN(CCC(=O)O)C(=O)CNC(=O)NCc1ccc(Cl)cc1. The van der Waals surface area contributed by atoms with Gasteiger partial charge in [0.2, 0.25) is 5.91 Å². The molecule has 3 N–H and O–H groups in total. The van der Waals surface area contributed by atoms with Crippen LogP contribution < -0.4 is 10.6 Å². The van der Waals surface area contributed by atoms with Crippen LogP contribution in [0.4, 0.5) is 4.79 Å². The number of rotatable bonds is 7. The third-order valence-electron chi connectivity index (χ3n) is 2.85. The first kappa shape index (κ1) is 17.8. The van der Waals surface area contributed by atoms with Crippen LogP contribution in [0.2, 0.25) is 5.02 Å². The highest BCUT2D eigenvalue weighted by molar-refractivity contribution is 6.30. The Labute approximate surface area is 133 Å². The van der Waals surface area contributed by atoms with Crippen molar-refractivity contribution >= 4 is 29.5 Å². The molecule has 8 heteroatoms. The Morgan fingerprint density at radius 3 is 2.41 bits per heavy atom. The molecule has 0 heterocycles. The lowest BCUT2D eigenvalue weighted by atomic mass is 10.2. The monoisotopic (exact) mass is 327 g/mol. The second-order valence-corrected chi connectivity index (χ2v) is 5.06. The molecule has 0 saturated carbocycles. The van der Waals surface area contributed by atoms with Crippen LogP contribution in [0.1, 0.15) is 12.0 Å². The highest BCUT2D eigenvalue weighted by atomic mass is 35.5. The van der Waals surface area contributed by atoms with Gasteiger partial charge in [0.15, 0.2) is 0 Å². The van der Waals surface area contributed by atoms with Gasteiger partial charge < -0.3 is 20.6 Å². The topological polar surface area (TPSA) is 98.7 Å². The number of halogens is 1. The molecule has 0 aliphatic rings. The van der Waals surface area contributed by atoms with E-state index in [4.69, 9.17) is 16.7 Å². The zero-order valence-electron chi connectivity index (χ0n) is 12.1. The summed E-state index contributed by atoms with van der Waals surface area (Å²) in [5, 5.41) is 14.2. The van der Waals surface area contributed by atoms with Gasteiger partial charge in [0.25, 0.3) is 0 Å². The van der Waals surface area contributed by atoms with Crippen LogP contribution in [0.3, 0.4) is 0 Å². The summed E-state index contributed by atoms with van der Waals surface area (Å²) in [7, 11) is 1.48. The largest absolute Gasteiger partial charge is 0.481 e. The first-order valence-electron chi connectivity index (χ1n) is 6.60. The van der Waals surface area contributed by atoms with Crippen LogP contribution >= 0.6 is 11.6 Å². The van der Waals surface area contributed by atoms with E-state index in [0.29, 0.717) is 11.6 Å². The molecule has 120 valence electrons. The summed E-state index contributed by atoms with van der Waals surface area (Å²) >= 11 is 5.76. The van der Waals surface area contributed by atoms with Crippen molar-refractivity contribution in [3.63, 3.8) is 0 Å². The number of likely N-dealkylation sites (N-methyl/N-ethyl adjacent to an activating group) is 1. The van der Waals surface area contributed by atoms with Gasteiger partial charge in [0.05, 0.1) is 13.0 Å². The summed E-state index contributed by atoms with van der Waals surface area (Å²) in [6.45, 7) is 0.219. The maximum atomic E-state index is 11.6. The van der Waals surface area contributed by atoms with Crippen LogP contribution in [0.5, 0.6) is 0 Å². The number of nitrogens with zero attached hydrogens (tertiary/aromatic N) is 1. The minimum atomic E-state index is -0.978. The molecule has 1 aromatic carbocycles. The zero-order chi connectivity index (χ0) is 16.5. The van der Waals surface area contributed by atoms with Gasteiger partial charge in [-0.1, -0.05) is 23.7 Å². The van der Waals surface area contributed by atoms with E-state index in [2.05, 4.69) is 10.6 Å². The van der Waals surface area contributed by atoms with Gasteiger partial charge in [-0.25, -0.2) is 4.79 Å². The number of hydrogen-bond acceptors (Lipinski definition) is 3. The molecule has 0 radical (unpaired) electrons. The second-order valence-electron chi connectivity index (χ2n) is 4.62. The molecule has 1 aromatic rings. The number of hydrogen-bond donors (Lipinski definition) is 3. The van der Waals surface area contributed by atoms with Gasteiger partial charge in [-0.15, -0.1) is 0 Å². The maximum absolute atomic E-state index is 11.6. The minimum absolute atomic E-state index is 0.0994. The zero-order valence-corrected chi connectivity index (χ0v) is 12.9. The molecule has 0 fully saturated rings. The lowest BCUT2D eigenvalue weighted by Gasteiger charge is -2.16. The van der Waals surface area contributed by atoms with E-state index >= 15 is 0 Å². The highest BCUT2D eigenvalue weighted by Crippen LogP contribution is 2.08. The number of benzene rings is 1. The van der Waals surface area contributed by atoms with Crippen LogP contribution in [0.15, 0.2) is 24.3 Å². The van der Waals surface area contributed by atoms with E-state index in [0.717, 1.165) is 5.56 Å². The summed E-state index contributed by atoms with van der Waals surface area (Å²) in [5.74, 6) is -1.34. The van der Waals surface area contributed by atoms with Crippen molar-refractivity contribution in [3.8, 4) is 0 Å². The fourth-order valence-electron chi connectivity index (χ4n) is 1.53. The summed E-state index contributed by atoms with van der Waals surface area (Å²) < 4.78 is 0. The Balaban J connectivity index is 2.26. The summed E-state index contributed by atoms with van der Waals surface area (Å²) in [6.07, 6.45) is -0.134. The number of carboxylic acids is 1.